The van der Waals surface area contributed by atoms with Gasteiger partial charge >= 0.3 is 6.18 Å². The number of nitrogens with zero attached hydrogens (tertiary/aromatic N) is 3. The van der Waals surface area contributed by atoms with E-state index in [4.69, 9.17) is 9.52 Å². The van der Waals surface area contributed by atoms with Gasteiger partial charge in [0, 0.05) is 34.2 Å². The molecular formula is C21H19F4N5O3S. The van der Waals surface area contributed by atoms with Gasteiger partial charge in [0.2, 0.25) is 5.88 Å². The highest BCUT2D eigenvalue weighted by molar-refractivity contribution is 7.91. The van der Waals surface area contributed by atoms with Crippen molar-refractivity contribution >= 4 is 21.3 Å². The molecule has 8 nitrogen and oxygen atoms in total. The van der Waals surface area contributed by atoms with E-state index in [-0.39, 0.29) is 27.6 Å². The average molecular weight is 497 g/mol. The highest BCUT2D eigenvalue weighted by Crippen LogP contribution is 2.35. The molecule has 0 saturated carbocycles. The predicted molar refractivity (Wildman–Crippen MR) is 115 cm³/mol. The van der Waals surface area contributed by atoms with Crippen LogP contribution in [0.4, 0.5) is 23.2 Å². The SMILES string of the molecule is Cc1cnc(Oc2nnc(C(F)(F)F)c(C)c2C(=O)Nc2cccc(S(C)(=N)=O)c2)c(C)c1F. The van der Waals surface area contributed by atoms with E-state index in [9.17, 15) is 26.6 Å². The normalized spacial score (nSPS) is 13.3. The van der Waals surface area contributed by atoms with Crippen molar-refractivity contribution in [2.45, 2.75) is 31.8 Å². The zero-order valence-electron chi connectivity index (χ0n) is 18.4. The summed E-state index contributed by atoms with van der Waals surface area (Å²) in [7, 11) is -3.11. The average Bonchev–Trinajstić information content (AvgIpc) is 2.73. The molecule has 2 heterocycles. The molecule has 0 fully saturated rings. The number of anilines is 1. The summed E-state index contributed by atoms with van der Waals surface area (Å²) < 4.78 is 79.7. The number of halogens is 4. The number of hydrogen-bond acceptors (Lipinski definition) is 7. The third-order valence-electron chi connectivity index (χ3n) is 4.79. The highest BCUT2D eigenvalue weighted by atomic mass is 32.2. The van der Waals surface area contributed by atoms with E-state index in [1.54, 1.807) is 0 Å². The Kier molecular flexibility index (Phi) is 6.60. The quantitative estimate of drug-likeness (QED) is 0.477. The number of aromatic nitrogens is 3. The number of rotatable bonds is 5. The van der Waals surface area contributed by atoms with Crippen molar-refractivity contribution in [2.75, 3.05) is 11.6 Å². The molecule has 3 rings (SSSR count). The minimum absolute atomic E-state index is 0.0356. The number of nitrogens with one attached hydrogen (secondary N) is 2. The van der Waals surface area contributed by atoms with E-state index < -0.39 is 50.3 Å². The van der Waals surface area contributed by atoms with Gasteiger partial charge in [-0.15, -0.1) is 10.2 Å². The van der Waals surface area contributed by atoms with Crippen LogP contribution in [0.3, 0.4) is 0 Å². The molecule has 0 saturated heterocycles. The second-order valence-electron chi connectivity index (χ2n) is 7.46. The maximum atomic E-state index is 14.3. The summed E-state index contributed by atoms with van der Waals surface area (Å²) in [6.07, 6.45) is -2.56. The summed E-state index contributed by atoms with van der Waals surface area (Å²) in [4.78, 5) is 17.1. The van der Waals surface area contributed by atoms with E-state index in [1.807, 2.05) is 0 Å². The molecule has 180 valence electrons. The summed E-state index contributed by atoms with van der Waals surface area (Å²) in [5, 5.41) is 8.96. The van der Waals surface area contributed by atoms with Crippen LogP contribution < -0.4 is 10.1 Å². The van der Waals surface area contributed by atoms with Crippen LogP contribution in [0.25, 0.3) is 0 Å². The van der Waals surface area contributed by atoms with Crippen molar-refractivity contribution in [2.24, 2.45) is 0 Å². The van der Waals surface area contributed by atoms with E-state index in [0.717, 1.165) is 13.1 Å². The third kappa shape index (κ3) is 5.14. The smallest absolute Gasteiger partial charge is 0.418 e. The Morgan fingerprint density at radius 3 is 2.41 bits per heavy atom. The first-order chi connectivity index (χ1) is 15.7. The van der Waals surface area contributed by atoms with Gasteiger partial charge in [0.1, 0.15) is 11.4 Å². The Morgan fingerprint density at radius 1 is 1.12 bits per heavy atom. The number of benzene rings is 1. The fourth-order valence-corrected chi connectivity index (χ4v) is 3.70. The first-order valence-corrected chi connectivity index (χ1v) is 11.6. The lowest BCUT2D eigenvalue weighted by Gasteiger charge is -2.16. The van der Waals surface area contributed by atoms with Crippen LogP contribution in [0, 0.1) is 31.4 Å². The van der Waals surface area contributed by atoms with E-state index in [0.29, 0.717) is 0 Å². The zero-order valence-corrected chi connectivity index (χ0v) is 19.2. The Hall–Kier alpha value is -3.61. The number of carbonyl (C=O) groups is 1. The number of hydrogen-bond donors (Lipinski definition) is 2. The van der Waals surface area contributed by atoms with Crippen molar-refractivity contribution in [3.05, 3.63) is 64.2 Å². The minimum atomic E-state index is -4.91. The number of pyridine rings is 1. The number of carbonyl (C=O) groups excluding carboxylic acids is 1. The van der Waals surface area contributed by atoms with Gasteiger partial charge in [0.15, 0.2) is 5.69 Å². The monoisotopic (exact) mass is 497 g/mol. The predicted octanol–water partition coefficient (Wildman–Crippen LogP) is 5.03. The molecule has 0 bridgehead atoms. The Labute approximate surface area is 192 Å². The largest absolute Gasteiger partial charge is 0.435 e. The van der Waals surface area contributed by atoms with Gasteiger partial charge in [-0.05, 0) is 44.5 Å². The molecule has 2 aromatic heterocycles. The third-order valence-corrected chi connectivity index (χ3v) is 5.94. The molecular weight excluding hydrogens is 478 g/mol. The molecule has 3 aromatic rings. The van der Waals surface area contributed by atoms with E-state index >= 15 is 0 Å². The summed E-state index contributed by atoms with van der Waals surface area (Å²) >= 11 is 0. The zero-order chi connectivity index (χ0) is 25.4. The minimum Gasteiger partial charge on any atom is -0.418 e. The lowest BCUT2D eigenvalue weighted by atomic mass is 10.1. The van der Waals surface area contributed by atoms with Gasteiger partial charge in [-0.25, -0.2) is 18.4 Å². The maximum absolute atomic E-state index is 14.3. The molecule has 1 aromatic carbocycles. The number of aryl methyl sites for hydroxylation is 1. The fraction of sp³-hybridized carbons (Fsp3) is 0.238. The second-order valence-corrected chi connectivity index (χ2v) is 9.62. The molecule has 13 heteroatoms. The number of ether oxygens (including phenoxy) is 1. The molecule has 0 aliphatic heterocycles. The summed E-state index contributed by atoms with van der Waals surface area (Å²) in [6, 6.07) is 5.52. The number of amides is 1. The highest BCUT2D eigenvalue weighted by Gasteiger charge is 2.38. The summed E-state index contributed by atoms with van der Waals surface area (Å²) in [5.41, 5.74) is -2.31. The molecule has 0 aliphatic rings. The first-order valence-electron chi connectivity index (χ1n) is 9.59. The van der Waals surface area contributed by atoms with Crippen molar-refractivity contribution in [1.29, 1.82) is 4.78 Å². The lowest BCUT2D eigenvalue weighted by molar-refractivity contribution is -0.142. The standard InChI is InChI=1S/C21H19F4N5O3S/c1-10-9-27-19(12(3)16(10)22)33-20-15(11(2)17(29-30-20)21(23,24)25)18(31)28-13-6-5-7-14(8-13)34(4,26)32/h5-9,26H,1-4H3,(H,28,31). The van der Waals surface area contributed by atoms with Crippen LogP contribution in [-0.2, 0) is 15.9 Å². The topological polar surface area (TPSA) is 118 Å². The molecule has 1 amide bonds. The molecule has 34 heavy (non-hydrogen) atoms. The molecule has 1 unspecified atom stereocenters. The van der Waals surface area contributed by atoms with Gasteiger partial charge in [0.05, 0.1) is 9.73 Å². The number of alkyl halides is 3. The van der Waals surface area contributed by atoms with Crippen molar-refractivity contribution in [3.63, 3.8) is 0 Å². The van der Waals surface area contributed by atoms with Gasteiger partial charge in [-0.1, -0.05) is 6.07 Å². The maximum Gasteiger partial charge on any atom is 0.435 e. The Balaban J connectivity index is 2.10. The molecule has 0 aliphatic carbocycles. The molecule has 0 radical (unpaired) electrons. The van der Waals surface area contributed by atoms with Crippen LogP contribution in [-0.4, -0.2) is 31.6 Å². The van der Waals surface area contributed by atoms with Crippen molar-refractivity contribution in [3.8, 4) is 11.8 Å². The van der Waals surface area contributed by atoms with Gasteiger partial charge in [0.25, 0.3) is 11.8 Å². The van der Waals surface area contributed by atoms with Crippen LogP contribution in [0.2, 0.25) is 0 Å². The first kappa shape index (κ1) is 25.0. The summed E-state index contributed by atoms with van der Waals surface area (Å²) in [6.45, 7) is 3.84. The van der Waals surface area contributed by atoms with Crippen LogP contribution in [0.15, 0.2) is 35.4 Å². The van der Waals surface area contributed by atoms with Gasteiger partial charge in [-0.2, -0.15) is 13.2 Å². The Bertz CT molecular complexity index is 1390. The van der Waals surface area contributed by atoms with Crippen LogP contribution in [0.1, 0.15) is 32.7 Å². The summed E-state index contributed by atoms with van der Waals surface area (Å²) in [5.74, 6) is -2.59. The molecule has 2 N–H and O–H groups in total. The van der Waals surface area contributed by atoms with Crippen LogP contribution in [0.5, 0.6) is 11.8 Å². The lowest BCUT2D eigenvalue weighted by Crippen LogP contribution is -2.21. The second kappa shape index (κ2) is 8.97. The van der Waals surface area contributed by atoms with E-state index in [2.05, 4.69) is 20.5 Å². The Morgan fingerprint density at radius 2 is 1.79 bits per heavy atom. The molecule has 1 atom stereocenters. The van der Waals surface area contributed by atoms with Gasteiger partial charge < -0.3 is 10.1 Å². The van der Waals surface area contributed by atoms with Crippen molar-refractivity contribution in [1.82, 2.24) is 15.2 Å². The fourth-order valence-electron chi connectivity index (χ4n) is 3.01. The molecule has 0 spiro atoms. The van der Waals surface area contributed by atoms with Crippen molar-refractivity contribution < 1.29 is 31.3 Å². The van der Waals surface area contributed by atoms with E-state index in [1.165, 1.54) is 44.4 Å². The van der Waals surface area contributed by atoms with Gasteiger partial charge in [-0.3, -0.25) is 4.79 Å². The van der Waals surface area contributed by atoms with Crippen LogP contribution >= 0.6 is 0 Å².